The van der Waals surface area contributed by atoms with E-state index in [0.29, 0.717) is 38.2 Å². The number of nitrogens with zero attached hydrogens (tertiary/aromatic N) is 1. The monoisotopic (exact) mass is 511 g/mol. The molecule has 35 heavy (non-hydrogen) atoms. The molecule has 178 valence electrons. The summed E-state index contributed by atoms with van der Waals surface area (Å²) in [6.07, 6.45) is 1.45. The molecule has 0 aliphatic heterocycles. The van der Waals surface area contributed by atoms with Gasteiger partial charge in [0.05, 0.1) is 22.0 Å². The second kappa shape index (κ2) is 9.72. The van der Waals surface area contributed by atoms with Crippen LogP contribution in [0, 0.1) is 5.82 Å². The van der Waals surface area contributed by atoms with Gasteiger partial charge in [0.1, 0.15) is 18.1 Å². The summed E-state index contributed by atoms with van der Waals surface area (Å²) in [6, 6.07) is 17.5. The van der Waals surface area contributed by atoms with Crippen LogP contribution < -0.4 is 4.74 Å². The molecule has 1 fully saturated rings. The van der Waals surface area contributed by atoms with Gasteiger partial charge in [0, 0.05) is 22.6 Å². The fraction of sp³-hybridized carbons (Fsp3) is 0.185. The van der Waals surface area contributed by atoms with Crippen LogP contribution in [0.5, 0.6) is 5.75 Å². The standard InChI is InChI=1S/C27H20Cl2FNO4/c28-20-7-4-8-21(29)23(20)25-19(26(35-31-25)16-9-10-16)14-34-27-18(15-5-2-1-3-6-15)12-11-17(24(27)30)13-22(32)33/h1-8,11-12,16H,9-10,13-14H2,(H,32,33). The van der Waals surface area contributed by atoms with E-state index in [4.69, 9.17) is 32.5 Å². The van der Waals surface area contributed by atoms with Crippen molar-refractivity contribution in [2.24, 2.45) is 0 Å². The Hall–Kier alpha value is -3.35. The summed E-state index contributed by atoms with van der Waals surface area (Å²) in [5, 5.41) is 14.3. The number of rotatable bonds is 8. The van der Waals surface area contributed by atoms with Gasteiger partial charge in [0.2, 0.25) is 0 Å². The number of aromatic nitrogens is 1. The third-order valence-electron chi connectivity index (χ3n) is 5.93. The molecule has 5 rings (SSSR count). The molecular weight excluding hydrogens is 492 g/mol. The molecule has 5 nitrogen and oxygen atoms in total. The molecule has 1 N–H and O–H groups in total. The lowest BCUT2D eigenvalue weighted by Gasteiger charge is -2.16. The number of carboxylic acids is 1. The summed E-state index contributed by atoms with van der Waals surface area (Å²) >= 11 is 12.9. The number of hydrogen-bond donors (Lipinski definition) is 1. The van der Waals surface area contributed by atoms with Crippen molar-refractivity contribution >= 4 is 29.2 Å². The van der Waals surface area contributed by atoms with E-state index in [1.807, 2.05) is 30.3 Å². The molecule has 0 atom stereocenters. The maximum atomic E-state index is 15.6. The molecule has 4 aromatic rings. The van der Waals surface area contributed by atoms with Gasteiger partial charge in [-0.1, -0.05) is 76.9 Å². The summed E-state index contributed by atoms with van der Waals surface area (Å²) in [4.78, 5) is 11.3. The van der Waals surface area contributed by atoms with Gasteiger partial charge in [0.15, 0.2) is 11.6 Å². The molecule has 1 aromatic heterocycles. The van der Waals surface area contributed by atoms with Crippen molar-refractivity contribution in [1.29, 1.82) is 0 Å². The topological polar surface area (TPSA) is 72.6 Å². The Kier molecular flexibility index (Phi) is 6.50. The number of carbonyl (C=O) groups is 1. The Morgan fingerprint density at radius 2 is 1.77 bits per heavy atom. The van der Waals surface area contributed by atoms with Gasteiger partial charge in [0.25, 0.3) is 0 Å². The van der Waals surface area contributed by atoms with Gasteiger partial charge in [-0.3, -0.25) is 4.79 Å². The van der Waals surface area contributed by atoms with Gasteiger partial charge in [-0.15, -0.1) is 0 Å². The average molecular weight is 512 g/mol. The number of aliphatic carboxylic acids is 1. The minimum absolute atomic E-state index is 0.0332. The van der Waals surface area contributed by atoms with E-state index in [1.54, 1.807) is 24.3 Å². The first-order valence-electron chi connectivity index (χ1n) is 11.1. The van der Waals surface area contributed by atoms with Crippen LogP contribution >= 0.6 is 23.2 Å². The van der Waals surface area contributed by atoms with Crippen LogP contribution in [-0.4, -0.2) is 16.2 Å². The lowest BCUT2D eigenvalue weighted by Crippen LogP contribution is -2.07. The van der Waals surface area contributed by atoms with Crippen LogP contribution in [0.1, 0.15) is 35.6 Å². The summed E-state index contributed by atoms with van der Waals surface area (Å²) in [5.41, 5.74) is 2.91. The summed E-state index contributed by atoms with van der Waals surface area (Å²) in [7, 11) is 0. The van der Waals surface area contributed by atoms with E-state index in [1.165, 1.54) is 6.07 Å². The number of benzene rings is 3. The summed E-state index contributed by atoms with van der Waals surface area (Å²) in [5.74, 6) is -1.01. The number of hydrogen-bond acceptors (Lipinski definition) is 4. The fourth-order valence-corrected chi connectivity index (χ4v) is 4.65. The van der Waals surface area contributed by atoms with E-state index >= 15 is 4.39 Å². The molecule has 0 saturated heterocycles. The predicted molar refractivity (Wildman–Crippen MR) is 131 cm³/mol. The zero-order valence-corrected chi connectivity index (χ0v) is 19.9. The van der Waals surface area contributed by atoms with E-state index in [2.05, 4.69) is 5.16 Å². The van der Waals surface area contributed by atoms with E-state index in [0.717, 1.165) is 18.4 Å². The van der Waals surface area contributed by atoms with Crippen LogP contribution in [-0.2, 0) is 17.8 Å². The molecule has 0 radical (unpaired) electrons. The van der Waals surface area contributed by atoms with E-state index < -0.39 is 18.2 Å². The number of carboxylic acid groups (broad SMARTS) is 1. The first kappa shape index (κ1) is 23.4. The Labute approximate surface area is 211 Å². The van der Waals surface area contributed by atoms with E-state index in [9.17, 15) is 9.90 Å². The van der Waals surface area contributed by atoms with Gasteiger partial charge >= 0.3 is 5.97 Å². The highest BCUT2D eigenvalue weighted by Crippen LogP contribution is 2.46. The van der Waals surface area contributed by atoms with Crippen molar-refractivity contribution < 1.29 is 23.6 Å². The van der Waals surface area contributed by atoms with Crippen LogP contribution in [0.4, 0.5) is 4.39 Å². The highest BCUT2D eigenvalue weighted by atomic mass is 35.5. The van der Waals surface area contributed by atoms with Crippen molar-refractivity contribution in [2.45, 2.75) is 31.8 Å². The minimum atomic E-state index is -1.13. The molecule has 8 heteroatoms. The van der Waals surface area contributed by atoms with Gasteiger partial charge in [-0.2, -0.15) is 0 Å². The Morgan fingerprint density at radius 1 is 1.06 bits per heavy atom. The van der Waals surface area contributed by atoms with Crippen molar-refractivity contribution in [1.82, 2.24) is 5.16 Å². The van der Waals surface area contributed by atoms with E-state index in [-0.39, 0.29) is 23.8 Å². The maximum absolute atomic E-state index is 15.6. The summed E-state index contributed by atoms with van der Waals surface area (Å²) < 4.78 is 27.3. The molecule has 1 saturated carbocycles. The quantitative estimate of drug-likeness (QED) is 0.264. The summed E-state index contributed by atoms with van der Waals surface area (Å²) in [6.45, 7) is -0.0561. The van der Waals surface area contributed by atoms with Crippen LogP contribution in [0.25, 0.3) is 22.4 Å². The van der Waals surface area contributed by atoms with Crippen molar-refractivity contribution in [3.8, 4) is 28.1 Å². The van der Waals surface area contributed by atoms with Crippen LogP contribution in [0.15, 0.2) is 65.2 Å². The second-order valence-electron chi connectivity index (χ2n) is 8.39. The number of ether oxygens (including phenoxy) is 1. The Balaban J connectivity index is 1.58. The molecule has 0 amide bonds. The zero-order valence-electron chi connectivity index (χ0n) is 18.4. The SMILES string of the molecule is O=C(O)Cc1ccc(-c2ccccc2)c(OCc2c(-c3c(Cl)cccc3Cl)noc2C2CC2)c1F. The molecule has 3 aromatic carbocycles. The normalized spacial score (nSPS) is 13.1. The van der Waals surface area contributed by atoms with Crippen LogP contribution in [0.3, 0.4) is 0 Å². The first-order valence-corrected chi connectivity index (χ1v) is 11.8. The fourth-order valence-electron chi connectivity index (χ4n) is 4.07. The third kappa shape index (κ3) is 4.77. The lowest BCUT2D eigenvalue weighted by molar-refractivity contribution is -0.136. The second-order valence-corrected chi connectivity index (χ2v) is 9.20. The van der Waals surface area contributed by atoms with Gasteiger partial charge in [-0.05, 0) is 30.5 Å². The van der Waals surface area contributed by atoms with Crippen molar-refractivity contribution in [3.63, 3.8) is 0 Å². The highest BCUT2D eigenvalue weighted by Gasteiger charge is 2.34. The highest BCUT2D eigenvalue weighted by molar-refractivity contribution is 6.39. The Bertz CT molecular complexity index is 1380. The maximum Gasteiger partial charge on any atom is 0.307 e. The zero-order chi connectivity index (χ0) is 24.5. The predicted octanol–water partition coefficient (Wildman–Crippen LogP) is 7.54. The average Bonchev–Trinajstić information content (AvgIpc) is 3.60. The molecular formula is C27H20Cl2FNO4. The van der Waals surface area contributed by atoms with Gasteiger partial charge in [-0.25, -0.2) is 4.39 Å². The molecule has 1 aliphatic rings. The molecule has 0 unspecified atom stereocenters. The lowest BCUT2D eigenvalue weighted by atomic mass is 10.0. The molecule has 0 bridgehead atoms. The molecule has 1 heterocycles. The smallest absolute Gasteiger partial charge is 0.307 e. The molecule has 0 spiro atoms. The van der Waals surface area contributed by atoms with Crippen LogP contribution in [0.2, 0.25) is 10.0 Å². The minimum Gasteiger partial charge on any atom is -0.485 e. The number of halogens is 3. The van der Waals surface area contributed by atoms with Crippen molar-refractivity contribution in [2.75, 3.05) is 0 Å². The van der Waals surface area contributed by atoms with Gasteiger partial charge < -0.3 is 14.4 Å². The first-order chi connectivity index (χ1) is 16.9. The third-order valence-corrected chi connectivity index (χ3v) is 6.56. The largest absolute Gasteiger partial charge is 0.485 e. The van der Waals surface area contributed by atoms with Crippen molar-refractivity contribution in [3.05, 3.63) is 93.4 Å². The molecule has 1 aliphatic carbocycles. The Morgan fingerprint density at radius 3 is 2.43 bits per heavy atom.